The average molecular weight is 261 g/mol. The van der Waals surface area contributed by atoms with Crippen LogP contribution in [-0.4, -0.2) is 26.3 Å². The van der Waals surface area contributed by atoms with Gasteiger partial charge in [-0.3, -0.25) is 4.00 Å². The Labute approximate surface area is 100 Å². The van der Waals surface area contributed by atoms with E-state index >= 15 is 0 Å². The van der Waals surface area contributed by atoms with Gasteiger partial charge in [0.15, 0.2) is 0 Å². The molecule has 0 N–H and O–H groups in total. The zero-order chi connectivity index (χ0) is 12.5. The van der Waals surface area contributed by atoms with Crippen LogP contribution in [0.15, 0.2) is 0 Å². The number of nitrogens with zero attached hydrogens (tertiary/aromatic N) is 1. The van der Waals surface area contributed by atoms with Crippen molar-refractivity contribution in [2.75, 3.05) is 0 Å². The lowest BCUT2D eigenvalue weighted by Gasteiger charge is -2.40. The second-order valence-corrected chi connectivity index (χ2v) is 18.9. The molecular formula is C11H28NPSi2. The molecule has 0 aromatic carbocycles. The summed E-state index contributed by atoms with van der Waals surface area (Å²) in [5, 5.41) is 0. The molecule has 15 heavy (non-hydrogen) atoms. The van der Waals surface area contributed by atoms with Gasteiger partial charge in [0.05, 0.1) is 0 Å². The molecule has 0 atom stereocenters. The summed E-state index contributed by atoms with van der Waals surface area (Å²) in [6, 6.07) is 0. The molecular weight excluding hydrogens is 233 g/mol. The fourth-order valence-electron chi connectivity index (χ4n) is 1.58. The zero-order valence-electron chi connectivity index (χ0n) is 12.0. The second-order valence-electron chi connectivity index (χ2n) is 7.26. The Bertz CT molecular complexity index is 216. The van der Waals surface area contributed by atoms with Crippen LogP contribution in [0.1, 0.15) is 20.8 Å². The van der Waals surface area contributed by atoms with Crippen molar-refractivity contribution in [3.05, 3.63) is 0 Å². The van der Waals surface area contributed by atoms with Gasteiger partial charge in [0, 0.05) is 0 Å². The van der Waals surface area contributed by atoms with Gasteiger partial charge in [-0.15, -0.1) is 0 Å². The van der Waals surface area contributed by atoms with Crippen LogP contribution in [0.2, 0.25) is 39.3 Å². The fraction of sp³-hybridized carbons (Fsp3) is 0.909. The van der Waals surface area contributed by atoms with E-state index in [9.17, 15) is 0 Å². The molecule has 0 aliphatic carbocycles. The molecule has 0 saturated heterocycles. The number of hydrogen-bond donors (Lipinski definition) is 0. The van der Waals surface area contributed by atoms with Crippen LogP contribution < -0.4 is 0 Å². The number of rotatable bonds is 3. The van der Waals surface area contributed by atoms with E-state index in [1.165, 1.54) is 8.35 Å². The molecule has 0 saturated carbocycles. The van der Waals surface area contributed by atoms with Crippen molar-refractivity contribution in [1.29, 1.82) is 0 Å². The van der Waals surface area contributed by atoms with E-state index < -0.39 is 16.5 Å². The van der Waals surface area contributed by atoms with E-state index in [2.05, 4.69) is 69.9 Å². The molecule has 0 radical (unpaired) electrons. The summed E-state index contributed by atoms with van der Waals surface area (Å²) in [4.78, 5) is 0. The highest BCUT2D eigenvalue weighted by Crippen LogP contribution is 2.29. The van der Waals surface area contributed by atoms with Crippen molar-refractivity contribution in [3.63, 3.8) is 0 Å². The Kier molecular flexibility index (Phi) is 5.01. The lowest BCUT2D eigenvalue weighted by Crippen LogP contribution is -2.53. The summed E-state index contributed by atoms with van der Waals surface area (Å²) < 4.78 is 2.80. The molecule has 0 aromatic heterocycles. The van der Waals surface area contributed by atoms with Gasteiger partial charge in [0.2, 0.25) is 0 Å². The summed E-state index contributed by atoms with van der Waals surface area (Å²) in [5.41, 5.74) is 0.332. The monoisotopic (exact) mass is 261 g/mol. The van der Waals surface area contributed by atoms with Gasteiger partial charge in [-0.05, 0) is 19.6 Å². The fourth-order valence-corrected chi connectivity index (χ4v) is 13.2. The first kappa shape index (κ1) is 15.6. The first-order valence-corrected chi connectivity index (χ1v) is 13.5. The van der Waals surface area contributed by atoms with Gasteiger partial charge in [0.1, 0.15) is 16.5 Å². The van der Waals surface area contributed by atoms with Gasteiger partial charge in [-0.25, -0.2) is 0 Å². The minimum absolute atomic E-state index is 0.332. The predicted octanol–water partition coefficient (Wildman–Crippen LogP) is 4.67. The Morgan fingerprint density at radius 2 is 1.20 bits per heavy atom. The molecule has 0 heterocycles. The van der Waals surface area contributed by atoms with Crippen LogP contribution in [0.5, 0.6) is 0 Å². The Morgan fingerprint density at radius 1 is 0.867 bits per heavy atom. The minimum atomic E-state index is -1.17. The van der Waals surface area contributed by atoms with E-state index in [-0.39, 0.29) is 0 Å². The van der Waals surface area contributed by atoms with Gasteiger partial charge < -0.3 is 0 Å². The van der Waals surface area contributed by atoms with E-state index in [1.54, 1.807) is 0 Å². The quantitative estimate of drug-likeness (QED) is 0.527. The van der Waals surface area contributed by atoms with E-state index in [0.717, 1.165) is 0 Å². The molecule has 0 bridgehead atoms. The van der Waals surface area contributed by atoms with Gasteiger partial charge in [0.25, 0.3) is 0 Å². The van der Waals surface area contributed by atoms with E-state index in [1.807, 2.05) is 0 Å². The van der Waals surface area contributed by atoms with E-state index in [0.29, 0.717) is 5.41 Å². The standard InChI is InChI=1S/C11H28NPSi2/c1-11(2,3)10-13-12(14(4,5)6)15(7,8)9/h10H,1-9H3. The summed E-state index contributed by atoms with van der Waals surface area (Å²) >= 11 is 0. The van der Waals surface area contributed by atoms with Crippen LogP contribution in [0.25, 0.3) is 0 Å². The van der Waals surface area contributed by atoms with Crippen LogP contribution in [0.4, 0.5) is 0 Å². The molecule has 0 amide bonds. The van der Waals surface area contributed by atoms with Crippen LogP contribution in [-0.2, 0) is 0 Å². The first-order valence-electron chi connectivity index (χ1n) is 5.69. The van der Waals surface area contributed by atoms with Gasteiger partial charge >= 0.3 is 0 Å². The predicted molar refractivity (Wildman–Crippen MR) is 81.0 cm³/mol. The van der Waals surface area contributed by atoms with Crippen molar-refractivity contribution < 1.29 is 0 Å². The largest absolute Gasteiger partial charge is 0.300 e. The highest BCUT2D eigenvalue weighted by Gasteiger charge is 2.33. The van der Waals surface area contributed by atoms with Crippen molar-refractivity contribution in [1.82, 2.24) is 4.00 Å². The molecule has 0 aliphatic heterocycles. The summed E-state index contributed by atoms with van der Waals surface area (Å²) in [7, 11) is -0.899. The second kappa shape index (κ2) is 4.83. The molecule has 90 valence electrons. The minimum Gasteiger partial charge on any atom is -0.300 e. The summed E-state index contributed by atoms with van der Waals surface area (Å²) in [6.07, 6.45) is 0. The maximum Gasteiger partial charge on any atom is 0.120 e. The van der Waals surface area contributed by atoms with Gasteiger partial charge in [-0.2, -0.15) is 0 Å². The third-order valence-electron chi connectivity index (χ3n) is 1.83. The molecule has 0 rings (SSSR count). The van der Waals surface area contributed by atoms with Crippen molar-refractivity contribution in [2.24, 2.45) is 5.41 Å². The SMILES string of the molecule is CC(C)(C)C=PN([Si](C)(C)C)[Si](C)(C)C. The lowest BCUT2D eigenvalue weighted by molar-refractivity contribution is 0.614. The van der Waals surface area contributed by atoms with Crippen molar-refractivity contribution in [2.45, 2.75) is 60.1 Å². The number of hydrogen-bond acceptors (Lipinski definition) is 1. The molecule has 0 fully saturated rings. The Morgan fingerprint density at radius 3 is 1.40 bits per heavy atom. The highest BCUT2D eigenvalue weighted by molar-refractivity contribution is 7.43. The highest BCUT2D eigenvalue weighted by atomic mass is 31.1. The third-order valence-corrected chi connectivity index (χ3v) is 13.8. The molecule has 4 heteroatoms. The smallest absolute Gasteiger partial charge is 0.120 e. The Balaban J connectivity index is 4.94. The first-order chi connectivity index (χ1) is 6.34. The van der Waals surface area contributed by atoms with Gasteiger partial charge in [-0.1, -0.05) is 60.1 Å². The van der Waals surface area contributed by atoms with Crippen LogP contribution in [0, 0.1) is 5.41 Å². The summed E-state index contributed by atoms with van der Waals surface area (Å²) in [5.74, 6) is 2.45. The average Bonchev–Trinajstić information content (AvgIpc) is 1.75. The molecule has 0 spiro atoms. The normalized spacial score (nSPS) is 15.3. The maximum absolute atomic E-state index is 2.80. The zero-order valence-corrected chi connectivity index (χ0v) is 14.9. The van der Waals surface area contributed by atoms with Crippen molar-refractivity contribution in [3.8, 4) is 0 Å². The van der Waals surface area contributed by atoms with Crippen LogP contribution in [0.3, 0.4) is 0 Å². The maximum atomic E-state index is 2.80. The summed E-state index contributed by atoms with van der Waals surface area (Å²) in [6.45, 7) is 21.6. The van der Waals surface area contributed by atoms with Crippen LogP contribution >= 0.6 is 8.35 Å². The Hall–Kier alpha value is 0.564. The molecule has 1 nitrogen and oxygen atoms in total. The topological polar surface area (TPSA) is 3.24 Å². The van der Waals surface area contributed by atoms with E-state index in [4.69, 9.17) is 0 Å². The molecule has 0 aliphatic rings. The lowest BCUT2D eigenvalue weighted by atomic mass is 10.0. The molecule has 0 aromatic rings. The third kappa shape index (κ3) is 6.67. The van der Waals surface area contributed by atoms with Crippen molar-refractivity contribution >= 4 is 30.6 Å². The molecule has 0 unspecified atom stereocenters.